The number of nitrogens with one attached hydrogen (secondary N) is 3. The van der Waals surface area contributed by atoms with Gasteiger partial charge in [0, 0.05) is 23.2 Å². The van der Waals surface area contributed by atoms with E-state index < -0.39 is 0 Å². The Morgan fingerprint density at radius 3 is 2.79 bits per heavy atom. The molecule has 142 valence electrons. The average molecular weight is 374 g/mol. The second kappa shape index (κ2) is 7.66. The number of fused-ring (bicyclic) bond motifs is 1. The normalized spacial score (nSPS) is 11.1. The van der Waals surface area contributed by atoms with Crippen molar-refractivity contribution in [3.63, 3.8) is 0 Å². The number of aryl methyl sites for hydroxylation is 2. The number of H-pyrrole nitrogens is 2. The minimum atomic E-state index is -0.219. The van der Waals surface area contributed by atoms with Gasteiger partial charge >= 0.3 is 0 Å². The molecular weight excluding hydrogens is 352 g/mol. The number of anilines is 1. The van der Waals surface area contributed by atoms with Crippen LogP contribution in [0, 0.1) is 6.92 Å². The molecule has 2 aromatic heterocycles. The molecule has 0 saturated heterocycles. The monoisotopic (exact) mass is 374 g/mol. The maximum absolute atomic E-state index is 12.8. The fourth-order valence-electron chi connectivity index (χ4n) is 3.25. The van der Waals surface area contributed by atoms with Gasteiger partial charge in [-0.3, -0.25) is 9.89 Å². The third-order valence-electron chi connectivity index (χ3n) is 4.65. The standard InChI is InChI=1S/C21H22N6O/c1-13-19(14-6-3-2-4-7-14)20(27-26-13)25-21(28)15-9-10-16-17(12-15)24-18(23-16)8-5-11-22/h2-4,6-7,9-10,12H,5,8,11,22H2,1H3,(H,23,24)(H2,25,26,27,28). The molecule has 7 heteroatoms. The summed E-state index contributed by atoms with van der Waals surface area (Å²) in [5.41, 5.74) is 10.6. The van der Waals surface area contributed by atoms with Crippen LogP contribution in [0.2, 0.25) is 0 Å². The van der Waals surface area contributed by atoms with E-state index >= 15 is 0 Å². The fourth-order valence-corrected chi connectivity index (χ4v) is 3.25. The molecule has 2 heterocycles. The second-order valence-corrected chi connectivity index (χ2v) is 6.70. The van der Waals surface area contributed by atoms with Crippen LogP contribution in [0.15, 0.2) is 48.5 Å². The molecule has 0 aliphatic carbocycles. The summed E-state index contributed by atoms with van der Waals surface area (Å²) in [4.78, 5) is 20.6. The minimum Gasteiger partial charge on any atom is -0.342 e. The first kappa shape index (κ1) is 17.9. The van der Waals surface area contributed by atoms with Gasteiger partial charge in [0.2, 0.25) is 0 Å². The Balaban J connectivity index is 1.59. The number of nitrogens with two attached hydrogens (primary N) is 1. The van der Waals surface area contributed by atoms with E-state index in [9.17, 15) is 4.79 Å². The summed E-state index contributed by atoms with van der Waals surface area (Å²) in [7, 11) is 0. The number of carbonyl (C=O) groups is 1. The van der Waals surface area contributed by atoms with E-state index in [0.717, 1.165) is 46.5 Å². The molecule has 1 amide bonds. The second-order valence-electron chi connectivity index (χ2n) is 6.70. The lowest BCUT2D eigenvalue weighted by molar-refractivity contribution is 0.102. The van der Waals surface area contributed by atoms with Crippen molar-refractivity contribution in [3.05, 3.63) is 65.6 Å². The number of aromatic amines is 2. The summed E-state index contributed by atoms with van der Waals surface area (Å²) in [5.74, 6) is 1.18. The summed E-state index contributed by atoms with van der Waals surface area (Å²) < 4.78 is 0. The summed E-state index contributed by atoms with van der Waals surface area (Å²) >= 11 is 0. The number of hydrogen-bond donors (Lipinski definition) is 4. The highest BCUT2D eigenvalue weighted by molar-refractivity contribution is 6.07. The van der Waals surface area contributed by atoms with E-state index in [1.807, 2.05) is 49.4 Å². The largest absolute Gasteiger partial charge is 0.342 e. The Labute approximate surface area is 162 Å². The quantitative estimate of drug-likeness (QED) is 0.414. The maximum atomic E-state index is 12.8. The van der Waals surface area contributed by atoms with Gasteiger partial charge in [-0.25, -0.2) is 4.98 Å². The van der Waals surface area contributed by atoms with Gasteiger partial charge in [0.25, 0.3) is 5.91 Å². The van der Waals surface area contributed by atoms with Crippen molar-refractivity contribution in [2.24, 2.45) is 5.73 Å². The zero-order valence-corrected chi connectivity index (χ0v) is 15.6. The Morgan fingerprint density at radius 1 is 1.18 bits per heavy atom. The Bertz CT molecular complexity index is 1110. The first-order valence-corrected chi connectivity index (χ1v) is 9.26. The third kappa shape index (κ3) is 3.52. The Hall–Kier alpha value is -3.45. The summed E-state index contributed by atoms with van der Waals surface area (Å²) in [6, 6.07) is 15.3. The zero-order chi connectivity index (χ0) is 19.5. The minimum absolute atomic E-state index is 0.219. The van der Waals surface area contributed by atoms with Gasteiger partial charge in [0.05, 0.1) is 11.0 Å². The molecule has 7 nitrogen and oxygen atoms in total. The van der Waals surface area contributed by atoms with Crippen LogP contribution in [0.5, 0.6) is 0 Å². The van der Waals surface area contributed by atoms with Gasteiger partial charge < -0.3 is 16.0 Å². The molecular formula is C21H22N6O. The zero-order valence-electron chi connectivity index (χ0n) is 15.6. The first-order valence-electron chi connectivity index (χ1n) is 9.26. The number of rotatable bonds is 6. The molecule has 0 bridgehead atoms. The molecule has 28 heavy (non-hydrogen) atoms. The van der Waals surface area contributed by atoms with Crippen molar-refractivity contribution < 1.29 is 4.79 Å². The first-order chi connectivity index (χ1) is 13.7. The van der Waals surface area contributed by atoms with Gasteiger partial charge in [-0.15, -0.1) is 0 Å². The van der Waals surface area contributed by atoms with E-state index in [1.165, 1.54) is 0 Å². The van der Waals surface area contributed by atoms with Crippen molar-refractivity contribution in [2.75, 3.05) is 11.9 Å². The van der Waals surface area contributed by atoms with Crippen LogP contribution in [0.1, 0.15) is 28.3 Å². The predicted molar refractivity (Wildman–Crippen MR) is 110 cm³/mol. The number of imidazole rings is 1. The molecule has 4 aromatic rings. The lowest BCUT2D eigenvalue weighted by Crippen LogP contribution is -2.12. The van der Waals surface area contributed by atoms with Gasteiger partial charge in [0.1, 0.15) is 5.82 Å². The highest BCUT2D eigenvalue weighted by Crippen LogP contribution is 2.29. The van der Waals surface area contributed by atoms with E-state index in [-0.39, 0.29) is 5.91 Å². The van der Waals surface area contributed by atoms with Crippen LogP contribution in [0.25, 0.3) is 22.2 Å². The van der Waals surface area contributed by atoms with Crippen molar-refractivity contribution in [1.29, 1.82) is 0 Å². The molecule has 0 fully saturated rings. The van der Waals surface area contributed by atoms with E-state index in [2.05, 4.69) is 25.5 Å². The van der Waals surface area contributed by atoms with Crippen molar-refractivity contribution in [3.8, 4) is 11.1 Å². The van der Waals surface area contributed by atoms with Crippen LogP contribution < -0.4 is 11.1 Å². The molecule has 0 atom stereocenters. The van der Waals surface area contributed by atoms with Gasteiger partial charge in [-0.2, -0.15) is 5.10 Å². The van der Waals surface area contributed by atoms with Gasteiger partial charge in [0.15, 0.2) is 5.82 Å². The number of hydrogen-bond acceptors (Lipinski definition) is 4. The lowest BCUT2D eigenvalue weighted by Gasteiger charge is -2.06. The Morgan fingerprint density at radius 2 is 2.00 bits per heavy atom. The van der Waals surface area contributed by atoms with Crippen LogP contribution >= 0.6 is 0 Å². The van der Waals surface area contributed by atoms with Gasteiger partial charge in [-0.1, -0.05) is 30.3 Å². The number of nitrogens with zero attached hydrogens (tertiary/aromatic N) is 2. The highest BCUT2D eigenvalue weighted by Gasteiger charge is 2.16. The summed E-state index contributed by atoms with van der Waals surface area (Å²) in [5, 5.41) is 10.1. The molecule has 0 unspecified atom stereocenters. The topological polar surface area (TPSA) is 112 Å². The smallest absolute Gasteiger partial charge is 0.256 e. The predicted octanol–water partition coefficient (Wildman–Crippen LogP) is 3.41. The van der Waals surface area contributed by atoms with Crippen molar-refractivity contribution in [1.82, 2.24) is 20.2 Å². The average Bonchev–Trinajstić information content (AvgIpc) is 3.29. The SMILES string of the molecule is Cc1[nH]nc(NC(=O)c2ccc3nc(CCCN)[nH]c3c2)c1-c1ccccc1. The molecule has 0 saturated carbocycles. The number of aromatic nitrogens is 4. The number of amides is 1. The van der Waals surface area contributed by atoms with Crippen LogP contribution in [-0.2, 0) is 6.42 Å². The summed E-state index contributed by atoms with van der Waals surface area (Å²) in [6.07, 6.45) is 1.66. The molecule has 0 aliphatic rings. The molecule has 0 radical (unpaired) electrons. The molecule has 0 spiro atoms. The number of carbonyl (C=O) groups excluding carboxylic acids is 1. The molecule has 4 rings (SSSR count). The lowest BCUT2D eigenvalue weighted by atomic mass is 10.1. The van der Waals surface area contributed by atoms with E-state index in [4.69, 9.17) is 5.73 Å². The van der Waals surface area contributed by atoms with Crippen molar-refractivity contribution >= 4 is 22.8 Å². The summed E-state index contributed by atoms with van der Waals surface area (Å²) in [6.45, 7) is 2.56. The Kier molecular flexibility index (Phi) is 4.90. The van der Waals surface area contributed by atoms with Crippen LogP contribution in [-0.4, -0.2) is 32.6 Å². The van der Waals surface area contributed by atoms with Gasteiger partial charge in [-0.05, 0) is 43.7 Å². The molecule has 5 N–H and O–H groups in total. The maximum Gasteiger partial charge on any atom is 0.256 e. The molecule has 0 aliphatic heterocycles. The molecule has 2 aromatic carbocycles. The van der Waals surface area contributed by atoms with E-state index in [1.54, 1.807) is 6.07 Å². The van der Waals surface area contributed by atoms with Crippen molar-refractivity contribution in [2.45, 2.75) is 19.8 Å². The van der Waals surface area contributed by atoms with Crippen LogP contribution in [0.4, 0.5) is 5.82 Å². The fraction of sp³-hybridized carbons (Fsp3) is 0.190. The highest BCUT2D eigenvalue weighted by atomic mass is 16.1. The third-order valence-corrected chi connectivity index (χ3v) is 4.65. The van der Waals surface area contributed by atoms with Crippen LogP contribution in [0.3, 0.4) is 0 Å². The van der Waals surface area contributed by atoms with E-state index in [0.29, 0.717) is 17.9 Å². The number of benzene rings is 2.